The number of rotatable bonds is 5. The van der Waals surface area contributed by atoms with E-state index in [1.54, 1.807) is 0 Å². The third-order valence-electron chi connectivity index (χ3n) is 5.52. The summed E-state index contributed by atoms with van der Waals surface area (Å²) in [6, 6.07) is 9.50. The Hall–Kier alpha value is -1.44. The van der Waals surface area contributed by atoms with Crippen LogP contribution in [-0.2, 0) is 20.6 Å². The van der Waals surface area contributed by atoms with E-state index in [1.165, 1.54) is 4.31 Å². The highest BCUT2D eigenvalue weighted by molar-refractivity contribution is 7.88. The monoisotopic (exact) mass is 379 g/mol. The second kappa shape index (κ2) is 8.50. The molecule has 7 heteroatoms. The molecule has 0 saturated carbocycles. The lowest BCUT2D eigenvalue weighted by molar-refractivity contribution is -0.138. The number of nitrogens with one attached hydrogen (secondary N) is 1. The minimum Gasteiger partial charge on any atom is -0.342 e. The maximum atomic E-state index is 12.9. The van der Waals surface area contributed by atoms with Gasteiger partial charge in [-0.15, -0.1) is 0 Å². The minimum absolute atomic E-state index is 0.00111. The third kappa shape index (κ3) is 4.64. The molecule has 1 atom stereocenters. The van der Waals surface area contributed by atoms with Crippen LogP contribution in [0.25, 0.3) is 0 Å². The molecule has 0 bridgehead atoms. The van der Waals surface area contributed by atoms with E-state index in [1.807, 2.05) is 42.3 Å². The van der Waals surface area contributed by atoms with E-state index < -0.39 is 10.0 Å². The fraction of sp³-hybridized carbons (Fsp3) is 0.632. The van der Waals surface area contributed by atoms with E-state index in [-0.39, 0.29) is 23.6 Å². The van der Waals surface area contributed by atoms with Gasteiger partial charge in [-0.05, 0) is 44.3 Å². The summed E-state index contributed by atoms with van der Waals surface area (Å²) < 4.78 is 27.1. The summed E-state index contributed by atoms with van der Waals surface area (Å²) in [7, 11) is -1.53. The fourth-order valence-electron chi connectivity index (χ4n) is 3.93. The molecular formula is C19H29N3O3S. The molecule has 0 aromatic heterocycles. The van der Waals surface area contributed by atoms with Crippen molar-refractivity contribution in [3.05, 3.63) is 35.9 Å². The Kier molecular flexibility index (Phi) is 6.32. The van der Waals surface area contributed by atoms with Crippen LogP contribution in [0, 0.1) is 5.92 Å². The molecule has 1 aromatic rings. The first-order chi connectivity index (χ1) is 12.5. The quantitative estimate of drug-likeness (QED) is 0.840. The van der Waals surface area contributed by atoms with Crippen molar-refractivity contribution in [2.45, 2.75) is 37.5 Å². The van der Waals surface area contributed by atoms with Crippen molar-refractivity contribution in [2.75, 3.05) is 33.2 Å². The van der Waals surface area contributed by atoms with Gasteiger partial charge in [0.05, 0.1) is 11.7 Å². The summed E-state index contributed by atoms with van der Waals surface area (Å²) in [5.41, 5.74) is 0.785. The Morgan fingerprint density at radius 2 is 1.88 bits per heavy atom. The van der Waals surface area contributed by atoms with Gasteiger partial charge in [0.25, 0.3) is 0 Å². The summed E-state index contributed by atoms with van der Waals surface area (Å²) in [5, 5.41) is 3.31. The lowest BCUT2D eigenvalue weighted by Crippen LogP contribution is -2.50. The number of hydrogen-bond acceptors (Lipinski definition) is 4. The standard InChI is InChI=1S/C19H29N3O3S/c1-21(18-9-11-20-12-10-18)19(23)17-8-5-13-22(14-17)26(24,25)15-16-6-3-2-4-7-16/h2-4,6-7,17-18,20H,5,8-15H2,1H3. The molecule has 0 aliphatic carbocycles. The summed E-state index contributed by atoms with van der Waals surface area (Å²) in [6.45, 7) is 2.69. The smallest absolute Gasteiger partial charge is 0.227 e. The van der Waals surface area contributed by atoms with E-state index in [2.05, 4.69) is 5.32 Å². The second-order valence-corrected chi connectivity index (χ2v) is 9.34. The van der Waals surface area contributed by atoms with Gasteiger partial charge in [0, 0.05) is 26.2 Å². The van der Waals surface area contributed by atoms with Gasteiger partial charge in [-0.2, -0.15) is 0 Å². The first-order valence-electron chi connectivity index (χ1n) is 9.46. The Bertz CT molecular complexity index is 702. The zero-order valence-corrected chi connectivity index (χ0v) is 16.2. The van der Waals surface area contributed by atoms with Crippen LogP contribution < -0.4 is 5.32 Å². The predicted octanol–water partition coefficient (Wildman–Crippen LogP) is 1.44. The zero-order valence-electron chi connectivity index (χ0n) is 15.4. The molecule has 2 heterocycles. The maximum Gasteiger partial charge on any atom is 0.227 e. The summed E-state index contributed by atoms with van der Waals surface area (Å²) in [6.07, 6.45) is 3.44. The van der Waals surface area contributed by atoms with E-state index in [0.717, 1.165) is 44.3 Å². The number of piperidine rings is 2. The Morgan fingerprint density at radius 3 is 2.58 bits per heavy atom. The molecule has 3 rings (SSSR count). The number of benzene rings is 1. The number of amides is 1. The zero-order chi connectivity index (χ0) is 18.6. The highest BCUT2D eigenvalue weighted by atomic mass is 32.2. The van der Waals surface area contributed by atoms with Crippen molar-refractivity contribution in [1.29, 1.82) is 0 Å². The number of carbonyl (C=O) groups excluding carboxylic acids is 1. The Labute approximate surface area is 156 Å². The summed E-state index contributed by atoms with van der Waals surface area (Å²) in [4.78, 5) is 14.8. The fourth-order valence-corrected chi connectivity index (χ4v) is 5.55. The van der Waals surface area contributed by atoms with Crippen LogP contribution in [-0.4, -0.2) is 62.8 Å². The molecule has 0 radical (unpaired) electrons. The molecule has 6 nitrogen and oxygen atoms in total. The van der Waals surface area contributed by atoms with E-state index in [0.29, 0.717) is 13.1 Å². The molecule has 1 amide bonds. The van der Waals surface area contributed by atoms with Crippen LogP contribution in [0.5, 0.6) is 0 Å². The highest BCUT2D eigenvalue weighted by Crippen LogP contribution is 2.24. The largest absolute Gasteiger partial charge is 0.342 e. The minimum atomic E-state index is -3.40. The van der Waals surface area contributed by atoms with Crippen LogP contribution in [0.3, 0.4) is 0 Å². The van der Waals surface area contributed by atoms with E-state index in [4.69, 9.17) is 0 Å². The van der Waals surface area contributed by atoms with E-state index >= 15 is 0 Å². The lowest BCUT2D eigenvalue weighted by Gasteiger charge is -2.37. The molecule has 0 spiro atoms. The molecule has 1 unspecified atom stereocenters. The second-order valence-electron chi connectivity index (χ2n) is 7.37. The summed E-state index contributed by atoms with van der Waals surface area (Å²) >= 11 is 0. The third-order valence-corrected chi connectivity index (χ3v) is 7.34. The number of nitrogens with zero attached hydrogens (tertiary/aromatic N) is 2. The lowest BCUT2D eigenvalue weighted by atomic mass is 9.96. The van der Waals surface area contributed by atoms with Crippen molar-refractivity contribution in [1.82, 2.24) is 14.5 Å². The van der Waals surface area contributed by atoms with Crippen LogP contribution in [0.2, 0.25) is 0 Å². The topological polar surface area (TPSA) is 69.7 Å². The van der Waals surface area contributed by atoms with Crippen molar-refractivity contribution in [3.63, 3.8) is 0 Å². The molecule has 26 heavy (non-hydrogen) atoms. The molecule has 2 aliphatic rings. The molecule has 1 aromatic carbocycles. The van der Waals surface area contributed by atoms with E-state index in [9.17, 15) is 13.2 Å². The number of sulfonamides is 1. The van der Waals surface area contributed by atoms with Crippen LogP contribution in [0.15, 0.2) is 30.3 Å². The number of hydrogen-bond donors (Lipinski definition) is 1. The molecule has 2 saturated heterocycles. The first kappa shape index (κ1) is 19.3. The highest BCUT2D eigenvalue weighted by Gasteiger charge is 2.35. The van der Waals surface area contributed by atoms with Gasteiger partial charge in [0.2, 0.25) is 15.9 Å². The average molecular weight is 380 g/mol. The van der Waals surface area contributed by atoms with Crippen LogP contribution in [0.1, 0.15) is 31.2 Å². The summed E-state index contributed by atoms with van der Waals surface area (Å²) in [5.74, 6) is -0.135. The molecule has 2 fully saturated rings. The molecule has 144 valence electrons. The molecule has 1 N–H and O–H groups in total. The van der Waals surface area contributed by atoms with Gasteiger partial charge < -0.3 is 10.2 Å². The van der Waals surface area contributed by atoms with Crippen molar-refractivity contribution >= 4 is 15.9 Å². The van der Waals surface area contributed by atoms with Crippen molar-refractivity contribution in [2.24, 2.45) is 5.92 Å². The van der Waals surface area contributed by atoms with Crippen molar-refractivity contribution in [3.8, 4) is 0 Å². The van der Waals surface area contributed by atoms with Gasteiger partial charge >= 0.3 is 0 Å². The van der Waals surface area contributed by atoms with Crippen LogP contribution >= 0.6 is 0 Å². The van der Waals surface area contributed by atoms with Gasteiger partial charge in [0.15, 0.2) is 0 Å². The Balaban J connectivity index is 1.63. The number of carbonyl (C=O) groups is 1. The van der Waals surface area contributed by atoms with Gasteiger partial charge in [-0.25, -0.2) is 12.7 Å². The molecule has 2 aliphatic heterocycles. The average Bonchev–Trinajstić information content (AvgIpc) is 2.68. The van der Waals surface area contributed by atoms with Gasteiger partial charge in [-0.3, -0.25) is 4.79 Å². The predicted molar refractivity (Wildman–Crippen MR) is 102 cm³/mol. The Morgan fingerprint density at radius 1 is 1.19 bits per heavy atom. The van der Waals surface area contributed by atoms with Gasteiger partial charge in [-0.1, -0.05) is 30.3 Å². The first-order valence-corrected chi connectivity index (χ1v) is 11.1. The maximum absolute atomic E-state index is 12.9. The van der Waals surface area contributed by atoms with Crippen LogP contribution in [0.4, 0.5) is 0 Å². The van der Waals surface area contributed by atoms with Gasteiger partial charge in [0.1, 0.15) is 0 Å². The SMILES string of the molecule is CN(C(=O)C1CCCN(S(=O)(=O)Cc2ccccc2)C1)C1CCNCC1. The normalized spacial score (nSPS) is 22.9. The molecular weight excluding hydrogens is 350 g/mol. The van der Waals surface area contributed by atoms with Crippen molar-refractivity contribution < 1.29 is 13.2 Å².